The Hall–Kier alpha value is -1.95. The van der Waals surface area contributed by atoms with Crippen LogP contribution in [0.15, 0.2) is 34.9 Å². The second-order valence-corrected chi connectivity index (χ2v) is 5.10. The van der Waals surface area contributed by atoms with Crippen LogP contribution in [0.4, 0.5) is 15.9 Å². The molecule has 1 amide bonds. The van der Waals surface area contributed by atoms with Crippen LogP contribution in [-0.2, 0) is 0 Å². The second kappa shape index (κ2) is 6.00. The van der Waals surface area contributed by atoms with Gasteiger partial charge in [-0.1, -0.05) is 15.9 Å². The molecule has 2 N–H and O–H groups in total. The number of nitrogens with one attached hydrogen (secondary N) is 2. The molecule has 0 radical (unpaired) electrons. The molecule has 0 aliphatic carbocycles. The molecule has 104 valence electrons. The maximum atomic E-state index is 14.0. The van der Waals surface area contributed by atoms with Crippen molar-refractivity contribution in [2.45, 2.75) is 6.92 Å². The summed E-state index contributed by atoms with van der Waals surface area (Å²) in [6, 6.07) is 6.79. The van der Waals surface area contributed by atoms with Gasteiger partial charge in [0.2, 0.25) is 0 Å². The molecule has 0 aliphatic heterocycles. The summed E-state index contributed by atoms with van der Waals surface area (Å²) in [7, 11) is 1.55. The first-order valence-corrected chi connectivity index (χ1v) is 6.72. The van der Waals surface area contributed by atoms with E-state index in [4.69, 9.17) is 0 Å². The van der Waals surface area contributed by atoms with Crippen LogP contribution >= 0.6 is 15.9 Å². The third-order valence-electron chi connectivity index (χ3n) is 2.81. The van der Waals surface area contributed by atoms with Crippen LogP contribution in [0.2, 0.25) is 0 Å². The zero-order valence-corrected chi connectivity index (χ0v) is 12.6. The van der Waals surface area contributed by atoms with Crippen LogP contribution in [0.25, 0.3) is 0 Å². The number of anilines is 2. The minimum absolute atomic E-state index is 0.0465. The lowest BCUT2D eigenvalue weighted by Gasteiger charge is -2.10. The van der Waals surface area contributed by atoms with Gasteiger partial charge in [-0.2, -0.15) is 0 Å². The summed E-state index contributed by atoms with van der Waals surface area (Å²) in [6.07, 6.45) is 1.39. The Bertz CT molecular complexity index is 661. The standard InChI is InChI=1S/C14H13BrFN3O/c1-8-7-9(15)3-4-11(8)19-14(20)10-5-6-18-13(17-2)12(10)16/h3-7H,1-2H3,(H,17,18)(H,19,20). The third-order valence-corrected chi connectivity index (χ3v) is 3.30. The highest BCUT2D eigenvalue weighted by Gasteiger charge is 2.16. The Morgan fingerprint density at radius 3 is 2.75 bits per heavy atom. The number of aromatic nitrogens is 1. The number of amides is 1. The van der Waals surface area contributed by atoms with E-state index in [1.54, 1.807) is 13.1 Å². The van der Waals surface area contributed by atoms with Crippen molar-refractivity contribution >= 4 is 33.3 Å². The largest absolute Gasteiger partial charge is 0.371 e. The molecule has 2 aromatic rings. The fraction of sp³-hybridized carbons (Fsp3) is 0.143. The van der Waals surface area contributed by atoms with Gasteiger partial charge in [-0.05, 0) is 36.8 Å². The van der Waals surface area contributed by atoms with Crippen molar-refractivity contribution < 1.29 is 9.18 Å². The maximum Gasteiger partial charge on any atom is 0.258 e. The van der Waals surface area contributed by atoms with E-state index in [0.29, 0.717) is 5.69 Å². The van der Waals surface area contributed by atoms with Crippen molar-refractivity contribution in [3.63, 3.8) is 0 Å². The van der Waals surface area contributed by atoms with Crippen molar-refractivity contribution in [3.8, 4) is 0 Å². The predicted octanol–water partition coefficient (Wildman–Crippen LogP) is 3.59. The molecule has 0 atom stereocenters. The molecule has 0 bridgehead atoms. The molecule has 2 rings (SSSR count). The fourth-order valence-electron chi connectivity index (χ4n) is 1.75. The lowest BCUT2D eigenvalue weighted by molar-refractivity contribution is 0.102. The summed E-state index contributed by atoms with van der Waals surface area (Å²) < 4.78 is 14.9. The van der Waals surface area contributed by atoms with Gasteiger partial charge in [-0.25, -0.2) is 9.37 Å². The Morgan fingerprint density at radius 2 is 2.10 bits per heavy atom. The van der Waals surface area contributed by atoms with Gasteiger partial charge in [0, 0.05) is 23.4 Å². The van der Waals surface area contributed by atoms with Crippen LogP contribution in [-0.4, -0.2) is 17.9 Å². The molecule has 1 aromatic carbocycles. The molecule has 1 aromatic heterocycles. The summed E-state index contributed by atoms with van der Waals surface area (Å²) >= 11 is 3.35. The molecule has 6 heteroatoms. The summed E-state index contributed by atoms with van der Waals surface area (Å²) in [5, 5.41) is 5.29. The van der Waals surface area contributed by atoms with Gasteiger partial charge in [0.05, 0.1) is 5.56 Å². The van der Waals surface area contributed by atoms with Gasteiger partial charge in [0.1, 0.15) is 0 Å². The molecule has 0 unspecified atom stereocenters. The Labute approximate surface area is 124 Å². The van der Waals surface area contributed by atoms with Gasteiger partial charge in [-0.15, -0.1) is 0 Å². The van der Waals surface area contributed by atoms with E-state index in [1.165, 1.54) is 12.3 Å². The smallest absolute Gasteiger partial charge is 0.258 e. The highest BCUT2D eigenvalue weighted by molar-refractivity contribution is 9.10. The maximum absolute atomic E-state index is 14.0. The Morgan fingerprint density at radius 1 is 1.35 bits per heavy atom. The van der Waals surface area contributed by atoms with E-state index in [9.17, 15) is 9.18 Å². The number of hydrogen-bond donors (Lipinski definition) is 2. The van der Waals surface area contributed by atoms with E-state index in [1.807, 2.05) is 19.1 Å². The number of nitrogens with zero attached hydrogens (tertiary/aromatic N) is 1. The topological polar surface area (TPSA) is 54.0 Å². The first kappa shape index (κ1) is 14.5. The minimum Gasteiger partial charge on any atom is -0.371 e. The molecule has 0 spiro atoms. The molecule has 4 nitrogen and oxygen atoms in total. The van der Waals surface area contributed by atoms with Gasteiger partial charge in [0.15, 0.2) is 11.6 Å². The average Bonchev–Trinajstić information content (AvgIpc) is 2.42. The van der Waals surface area contributed by atoms with Crippen molar-refractivity contribution in [3.05, 3.63) is 51.9 Å². The molecule has 0 saturated heterocycles. The van der Waals surface area contributed by atoms with Crippen molar-refractivity contribution in [1.29, 1.82) is 0 Å². The average molecular weight is 338 g/mol. The molecular weight excluding hydrogens is 325 g/mol. The van der Waals surface area contributed by atoms with E-state index in [2.05, 4.69) is 31.5 Å². The minimum atomic E-state index is -0.665. The van der Waals surface area contributed by atoms with Gasteiger partial charge in [0.25, 0.3) is 5.91 Å². The van der Waals surface area contributed by atoms with E-state index in [0.717, 1.165) is 10.0 Å². The molecule has 0 fully saturated rings. The third kappa shape index (κ3) is 2.96. The Balaban J connectivity index is 2.28. The number of rotatable bonds is 3. The summed E-state index contributed by atoms with van der Waals surface area (Å²) in [5.74, 6) is -1.13. The lowest BCUT2D eigenvalue weighted by Crippen LogP contribution is -2.15. The molecular formula is C14H13BrFN3O. The van der Waals surface area contributed by atoms with Crippen LogP contribution in [0.5, 0.6) is 0 Å². The summed E-state index contributed by atoms with van der Waals surface area (Å²) in [6.45, 7) is 1.86. The van der Waals surface area contributed by atoms with Crippen LogP contribution in [0.3, 0.4) is 0 Å². The van der Waals surface area contributed by atoms with Crippen LogP contribution in [0.1, 0.15) is 15.9 Å². The summed E-state index contributed by atoms with van der Waals surface area (Å²) in [5.41, 5.74) is 1.48. The quantitative estimate of drug-likeness (QED) is 0.899. The molecule has 0 aliphatic rings. The molecule has 20 heavy (non-hydrogen) atoms. The highest BCUT2D eigenvalue weighted by atomic mass is 79.9. The van der Waals surface area contributed by atoms with Crippen molar-refractivity contribution in [2.24, 2.45) is 0 Å². The summed E-state index contributed by atoms with van der Waals surface area (Å²) in [4.78, 5) is 15.9. The first-order valence-electron chi connectivity index (χ1n) is 5.92. The number of aryl methyl sites for hydroxylation is 1. The van der Waals surface area contributed by atoms with Crippen LogP contribution < -0.4 is 10.6 Å². The van der Waals surface area contributed by atoms with Crippen molar-refractivity contribution in [2.75, 3.05) is 17.7 Å². The normalized spacial score (nSPS) is 10.2. The van der Waals surface area contributed by atoms with E-state index in [-0.39, 0.29) is 11.4 Å². The molecule has 0 saturated carbocycles. The molecule has 1 heterocycles. The van der Waals surface area contributed by atoms with Gasteiger partial charge < -0.3 is 10.6 Å². The number of benzene rings is 1. The van der Waals surface area contributed by atoms with E-state index >= 15 is 0 Å². The number of hydrogen-bond acceptors (Lipinski definition) is 3. The van der Waals surface area contributed by atoms with Crippen molar-refractivity contribution in [1.82, 2.24) is 4.98 Å². The highest BCUT2D eigenvalue weighted by Crippen LogP contribution is 2.22. The van der Waals surface area contributed by atoms with Crippen LogP contribution in [0, 0.1) is 12.7 Å². The zero-order chi connectivity index (χ0) is 14.7. The van der Waals surface area contributed by atoms with Gasteiger partial charge in [-0.3, -0.25) is 4.79 Å². The number of halogens is 2. The second-order valence-electron chi connectivity index (χ2n) is 4.18. The van der Waals surface area contributed by atoms with E-state index < -0.39 is 11.7 Å². The number of carbonyl (C=O) groups excluding carboxylic acids is 1. The Kier molecular flexibility index (Phi) is 4.34. The monoisotopic (exact) mass is 337 g/mol. The predicted molar refractivity (Wildman–Crippen MR) is 80.6 cm³/mol. The fourth-order valence-corrected chi connectivity index (χ4v) is 2.23. The zero-order valence-electron chi connectivity index (χ0n) is 11.0. The number of carbonyl (C=O) groups is 1. The van der Waals surface area contributed by atoms with Gasteiger partial charge >= 0.3 is 0 Å². The SMILES string of the molecule is CNc1nccc(C(=O)Nc2ccc(Br)cc2C)c1F. The first-order chi connectivity index (χ1) is 9.52. The number of pyridine rings is 1. The lowest BCUT2D eigenvalue weighted by atomic mass is 10.1.